The van der Waals surface area contributed by atoms with Gasteiger partial charge in [0.05, 0.1) is 56.7 Å². The largest absolute Gasteiger partial charge is 0.384 e. The minimum absolute atomic E-state index is 0.0283. The van der Waals surface area contributed by atoms with Gasteiger partial charge < -0.3 is 19.8 Å². The van der Waals surface area contributed by atoms with Gasteiger partial charge in [-0.05, 0) is 39.0 Å². The number of aromatic nitrogens is 2. The summed E-state index contributed by atoms with van der Waals surface area (Å²) in [6, 6.07) is 8.87. The number of fused-ring (bicyclic) bond motifs is 2. The van der Waals surface area contributed by atoms with Gasteiger partial charge in [-0.3, -0.25) is 4.79 Å². The Labute approximate surface area is 236 Å². The lowest BCUT2D eigenvalue weighted by atomic mass is 9.76. The number of likely N-dealkylation sites (N-methyl/N-ethyl adjacent to an activating group) is 1. The second-order valence-corrected chi connectivity index (χ2v) is 12.2. The topological polar surface area (TPSA) is 78.4 Å². The molecule has 3 aromatic rings. The molecule has 1 amide bonds. The number of rotatable bonds is 6. The number of amides is 1. The standard InChI is InChI=1S/C30H34F4N5O2/c1-18(19-9-8-10-21(24(19)32)30(33,34)28(2,3)41)37-26-20-15-38(23-12-7-6-11-22(23)31)27(40)29(25(20)35-17-36-26)13-14-39(4,5)16-29/h6-12,17-18,41H,13-16H2,1-5H3,(H,35,36,37)/q+1/t18-,29?/m1/s1. The van der Waals surface area contributed by atoms with E-state index in [0.29, 0.717) is 41.1 Å². The molecule has 1 saturated heterocycles. The predicted molar refractivity (Wildman–Crippen MR) is 146 cm³/mol. The van der Waals surface area contributed by atoms with Crippen molar-refractivity contribution in [1.29, 1.82) is 0 Å². The number of carbonyl (C=O) groups is 1. The lowest BCUT2D eigenvalue weighted by molar-refractivity contribution is -0.879. The molecule has 1 spiro atoms. The van der Waals surface area contributed by atoms with Crippen LogP contribution >= 0.6 is 0 Å². The van der Waals surface area contributed by atoms with Crippen LogP contribution in [0.25, 0.3) is 0 Å². The molecule has 0 radical (unpaired) electrons. The van der Waals surface area contributed by atoms with Crippen LogP contribution in [0, 0.1) is 11.6 Å². The molecular weight excluding hydrogens is 538 g/mol. The van der Waals surface area contributed by atoms with Crippen LogP contribution in [0.3, 0.4) is 0 Å². The van der Waals surface area contributed by atoms with Crippen molar-refractivity contribution in [2.24, 2.45) is 0 Å². The summed E-state index contributed by atoms with van der Waals surface area (Å²) in [5.41, 5.74) is -3.25. The first-order valence-corrected chi connectivity index (χ1v) is 13.5. The molecule has 2 atom stereocenters. The zero-order valence-corrected chi connectivity index (χ0v) is 23.7. The first-order chi connectivity index (χ1) is 19.1. The number of hydrogen-bond acceptors (Lipinski definition) is 5. The first kappa shape index (κ1) is 28.9. The number of benzene rings is 2. The lowest BCUT2D eigenvalue weighted by Crippen LogP contribution is -2.55. The fourth-order valence-corrected chi connectivity index (χ4v) is 6.04. The van der Waals surface area contributed by atoms with Crippen LogP contribution in [0.4, 0.5) is 29.1 Å². The summed E-state index contributed by atoms with van der Waals surface area (Å²) in [4.78, 5) is 24.4. The highest BCUT2D eigenvalue weighted by molar-refractivity contribution is 6.03. The minimum Gasteiger partial charge on any atom is -0.384 e. The molecular formula is C30H34F4N5O2+. The maximum atomic E-state index is 15.5. The molecule has 2 N–H and O–H groups in total. The fourth-order valence-electron chi connectivity index (χ4n) is 6.04. The lowest BCUT2D eigenvalue weighted by Gasteiger charge is -2.40. The number of likely N-dealkylation sites (tertiary alicyclic amines) is 1. The van der Waals surface area contributed by atoms with E-state index in [-0.39, 0.29) is 23.7 Å². The maximum absolute atomic E-state index is 15.5. The number of carbonyl (C=O) groups excluding carboxylic acids is 1. The van der Waals surface area contributed by atoms with Gasteiger partial charge in [0.15, 0.2) is 0 Å². The molecule has 41 heavy (non-hydrogen) atoms. The number of halogens is 4. The van der Waals surface area contributed by atoms with Gasteiger partial charge in [0.2, 0.25) is 5.91 Å². The molecule has 1 unspecified atom stereocenters. The van der Waals surface area contributed by atoms with Crippen molar-refractivity contribution in [2.45, 2.75) is 56.7 Å². The second kappa shape index (κ2) is 9.77. The van der Waals surface area contributed by atoms with Gasteiger partial charge in [-0.25, -0.2) is 18.7 Å². The summed E-state index contributed by atoms with van der Waals surface area (Å²) >= 11 is 0. The van der Waals surface area contributed by atoms with Gasteiger partial charge in [-0.15, -0.1) is 0 Å². The molecule has 1 aromatic heterocycles. The van der Waals surface area contributed by atoms with Crippen molar-refractivity contribution in [2.75, 3.05) is 37.4 Å². The fraction of sp³-hybridized carbons (Fsp3) is 0.433. The quantitative estimate of drug-likeness (QED) is 0.319. The normalized spacial score (nSPS) is 21.2. The minimum atomic E-state index is -3.85. The number of nitrogens with one attached hydrogen (secondary N) is 1. The van der Waals surface area contributed by atoms with Gasteiger partial charge in [0.25, 0.3) is 0 Å². The Morgan fingerprint density at radius 3 is 2.44 bits per heavy atom. The molecule has 0 saturated carbocycles. The highest BCUT2D eigenvalue weighted by Crippen LogP contribution is 2.46. The van der Waals surface area contributed by atoms with Gasteiger partial charge in [0.1, 0.15) is 34.8 Å². The number of alkyl halides is 2. The highest BCUT2D eigenvalue weighted by atomic mass is 19.3. The van der Waals surface area contributed by atoms with E-state index >= 15 is 4.39 Å². The van der Waals surface area contributed by atoms with Crippen molar-refractivity contribution >= 4 is 17.4 Å². The number of hydrogen-bond donors (Lipinski definition) is 2. The van der Waals surface area contributed by atoms with E-state index in [1.807, 2.05) is 14.1 Å². The second-order valence-electron chi connectivity index (χ2n) is 12.2. The first-order valence-electron chi connectivity index (χ1n) is 13.5. The van der Waals surface area contributed by atoms with Crippen molar-refractivity contribution in [1.82, 2.24) is 9.97 Å². The monoisotopic (exact) mass is 572 g/mol. The molecule has 11 heteroatoms. The Hall–Kier alpha value is -3.57. The van der Waals surface area contributed by atoms with Crippen LogP contribution in [-0.4, -0.2) is 58.3 Å². The maximum Gasteiger partial charge on any atom is 0.303 e. The Bertz CT molecular complexity index is 1510. The molecule has 5 rings (SSSR count). The summed E-state index contributed by atoms with van der Waals surface area (Å²) in [7, 11) is 4.04. The van der Waals surface area contributed by atoms with E-state index in [1.54, 1.807) is 25.1 Å². The third-order valence-corrected chi connectivity index (χ3v) is 8.31. The van der Waals surface area contributed by atoms with Crippen molar-refractivity contribution in [3.8, 4) is 0 Å². The molecule has 0 bridgehead atoms. The van der Waals surface area contributed by atoms with Gasteiger partial charge in [-0.2, -0.15) is 8.78 Å². The number of nitrogens with zero attached hydrogens (tertiary/aromatic N) is 4. The van der Waals surface area contributed by atoms with Gasteiger partial charge in [-0.1, -0.05) is 24.3 Å². The van der Waals surface area contributed by atoms with Gasteiger partial charge in [0, 0.05) is 17.5 Å². The van der Waals surface area contributed by atoms with E-state index in [2.05, 4.69) is 15.3 Å². The summed E-state index contributed by atoms with van der Waals surface area (Å²) < 4.78 is 60.9. The third-order valence-electron chi connectivity index (χ3n) is 8.31. The molecule has 2 aliphatic heterocycles. The Morgan fingerprint density at radius 2 is 1.80 bits per heavy atom. The van der Waals surface area contributed by atoms with Crippen LogP contribution in [0.2, 0.25) is 0 Å². The Morgan fingerprint density at radius 1 is 1.10 bits per heavy atom. The van der Waals surface area contributed by atoms with Crippen molar-refractivity contribution in [3.63, 3.8) is 0 Å². The summed E-state index contributed by atoms with van der Waals surface area (Å²) in [6.45, 7) is 4.57. The Kier molecular flexibility index (Phi) is 6.89. The smallest absolute Gasteiger partial charge is 0.303 e. The molecule has 2 aromatic carbocycles. The zero-order valence-electron chi connectivity index (χ0n) is 23.7. The molecule has 218 valence electrons. The number of aliphatic hydroxyl groups is 1. The molecule has 1 fully saturated rings. The third kappa shape index (κ3) is 4.74. The van der Waals surface area contributed by atoms with Gasteiger partial charge >= 0.3 is 5.92 Å². The van der Waals surface area contributed by atoms with Crippen LogP contribution in [0.15, 0.2) is 48.8 Å². The van der Waals surface area contributed by atoms with E-state index < -0.39 is 40.2 Å². The molecule has 3 heterocycles. The predicted octanol–water partition coefficient (Wildman–Crippen LogP) is 5.06. The number of quaternary nitrogens is 1. The van der Waals surface area contributed by atoms with Crippen LogP contribution in [0.1, 0.15) is 55.6 Å². The molecule has 7 nitrogen and oxygen atoms in total. The highest BCUT2D eigenvalue weighted by Gasteiger charge is 2.58. The zero-order chi connectivity index (χ0) is 30.0. The van der Waals surface area contributed by atoms with Crippen molar-refractivity contribution in [3.05, 3.63) is 82.8 Å². The van der Waals surface area contributed by atoms with Crippen LogP contribution in [-0.2, 0) is 22.7 Å². The molecule has 2 aliphatic rings. The number of para-hydroxylation sites is 1. The summed E-state index contributed by atoms with van der Waals surface area (Å²) in [5, 5.41) is 13.1. The average Bonchev–Trinajstić information content (AvgIpc) is 3.22. The van der Waals surface area contributed by atoms with E-state index in [4.69, 9.17) is 0 Å². The number of anilines is 2. The van der Waals surface area contributed by atoms with Crippen molar-refractivity contribution < 1.29 is 31.9 Å². The summed E-state index contributed by atoms with van der Waals surface area (Å²) in [5.74, 6) is -5.48. The van der Waals surface area contributed by atoms with Crippen LogP contribution < -0.4 is 10.2 Å². The Balaban J connectivity index is 1.58. The summed E-state index contributed by atoms with van der Waals surface area (Å²) in [6.07, 6.45) is 1.82. The van der Waals surface area contributed by atoms with E-state index in [0.717, 1.165) is 19.9 Å². The van der Waals surface area contributed by atoms with E-state index in [1.165, 1.54) is 29.4 Å². The van der Waals surface area contributed by atoms with E-state index in [9.17, 15) is 23.1 Å². The SMILES string of the molecule is C[C@@H](Nc1ncnc2c1CN(c1ccccc1F)C(=O)C21CC[N+](C)(C)C1)c1cccc(C(F)(F)C(C)(C)O)c1F. The molecule has 0 aliphatic carbocycles. The van der Waals surface area contributed by atoms with Crippen LogP contribution in [0.5, 0.6) is 0 Å². The average molecular weight is 573 g/mol.